The summed E-state index contributed by atoms with van der Waals surface area (Å²) in [5.41, 5.74) is -1.13. The van der Waals surface area contributed by atoms with Crippen molar-refractivity contribution in [1.29, 1.82) is 0 Å². The first-order valence-electron chi connectivity index (χ1n) is 5.45. The van der Waals surface area contributed by atoms with Gasteiger partial charge in [0.1, 0.15) is 17.3 Å². The van der Waals surface area contributed by atoms with Crippen molar-refractivity contribution in [2.75, 3.05) is 0 Å². The van der Waals surface area contributed by atoms with Gasteiger partial charge in [-0.15, -0.1) is 0 Å². The molecule has 3 rings (SSSR count). The molecule has 0 saturated carbocycles. The Balaban J connectivity index is 2.43. The summed E-state index contributed by atoms with van der Waals surface area (Å²) in [7, 11) is 0. The van der Waals surface area contributed by atoms with E-state index in [0.29, 0.717) is 0 Å². The van der Waals surface area contributed by atoms with Gasteiger partial charge in [-0.05, 0) is 18.2 Å². The Labute approximate surface area is 106 Å². The Kier molecular flexibility index (Phi) is 2.19. The van der Waals surface area contributed by atoms with Crippen molar-refractivity contribution in [3.63, 3.8) is 0 Å². The first-order chi connectivity index (χ1) is 9.02. The Morgan fingerprint density at radius 2 is 1.37 bits per heavy atom. The molecule has 0 unspecified atom stereocenters. The van der Waals surface area contributed by atoms with Gasteiger partial charge in [0.2, 0.25) is 5.78 Å². The van der Waals surface area contributed by atoms with Gasteiger partial charge in [-0.1, -0.05) is 12.1 Å². The van der Waals surface area contributed by atoms with Gasteiger partial charge < -0.3 is 10.2 Å². The zero-order chi connectivity index (χ0) is 13.7. The van der Waals surface area contributed by atoms with Crippen LogP contribution in [-0.2, 0) is 0 Å². The molecule has 2 aromatic rings. The molecule has 1 aliphatic rings. The summed E-state index contributed by atoms with van der Waals surface area (Å²) < 4.78 is 13.7. The van der Waals surface area contributed by atoms with Crippen molar-refractivity contribution in [3.05, 3.63) is 58.4 Å². The lowest BCUT2D eigenvalue weighted by atomic mass is 9.83. The summed E-state index contributed by atoms with van der Waals surface area (Å²) in [6, 6.07) is 5.89. The molecule has 0 heterocycles. The smallest absolute Gasteiger partial charge is 0.201 e. The minimum Gasteiger partial charge on any atom is -0.507 e. The molecule has 2 aromatic carbocycles. The van der Waals surface area contributed by atoms with Crippen LogP contribution in [0, 0.1) is 5.82 Å². The molecule has 0 fully saturated rings. The normalized spacial score (nSPS) is 13.1. The highest BCUT2D eigenvalue weighted by atomic mass is 19.1. The third-order valence-electron chi connectivity index (χ3n) is 3.10. The maximum atomic E-state index is 13.7. The van der Waals surface area contributed by atoms with E-state index in [0.717, 1.165) is 18.2 Å². The monoisotopic (exact) mass is 258 g/mol. The van der Waals surface area contributed by atoms with Crippen molar-refractivity contribution in [2.45, 2.75) is 0 Å². The maximum absolute atomic E-state index is 13.7. The lowest BCUT2D eigenvalue weighted by Gasteiger charge is -2.19. The van der Waals surface area contributed by atoms with Crippen LogP contribution in [0.4, 0.5) is 4.39 Å². The molecule has 2 N–H and O–H groups in total. The molecular formula is C14H7FO4. The second-order valence-corrected chi connectivity index (χ2v) is 4.17. The van der Waals surface area contributed by atoms with E-state index in [2.05, 4.69) is 0 Å². The fourth-order valence-electron chi connectivity index (χ4n) is 2.24. The molecule has 0 spiro atoms. The van der Waals surface area contributed by atoms with E-state index in [-0.39, 0.29) is 22.3 Å². The standard InChI is InChI=1S/C14H7FO4/c15-7-3-1-2-6-10(7)14(19)12-9(17)5-4-8(16)11(12)13(6)18/h1-5,16-17H. The molecule has 4 nitrogen and oxygen atoms in total. The number of rotatable bonds is 0. The zero-order valence-corrected chi connectivity index (χ0v) is 9.48. The van der Waals surface area contributed by atoms with Crippen LogP contribution in [-0.4, -0.2) is 21.8 Å². The summed E-state index contributed by atoms with van der Waals surface area (Å²) >= 11 is 0. The average molecular weight is 258 g/mol. The Hall–Kier alpha value is -2.69. The van der Waals surface area contributed by atoms with Crippen LogP contribution >= 0.6 is 0 Å². The minimum absolute atomic E-state index is 0.113. The molecule has 19 heavy (non-hydrogen) atoms. The Morgan fingerprint density at radius 3 is 2.00 bits per heavy atom. The van der Waals surface area contributed by atoms with Crippen molar-refractivity contribution < 1.29 is 24.2 Å². The van der Waals surface area contributed by atoms with E-state index in [1.54, 1.807) is 0 Å². The highest BCUT2D eigenvalue weighted by Crippen LogP contribution is 2.37. The van der Waals surface area contributed by atoms with Crippen LogP contribution < -0.4 is 0 Å². The third-order valence-corrected chi connectivity index (χ3v) is 3.10. The number of ketones is 2. The summed E-state index contributed by atoms with van der Waals surface area (Å²) in [5.74, 6) is -3.20. The lowest BCUT2D eigenvalue weighted by molar-refractivity contribution is 0.0970. The summed E-state index contributed by atoms with van der Waals surface area (Å²) in [4.78, 5) is 24.4. The molecule has 5 heteroatoms. The highest BCUT2D eigenvalue weighted by molar-refractivity contribution is 6.30. The van der Waals surface area contributed by atoms with Crippen LogP contribution in [0.15, 0.2) is 30.3 Å². The average Bonchev–Trinajstić information content (AvgIpc) is 2.38. The first-order valence-corrected chi connectivity index (χ1v) is 5.45. The molecule has 0 amide bonds. The number of hydrogen-bond acceptors (Lipinski definition) is 4. The van der Waals surface area contributed by atoms with E-state index in [4.69, 9.17) is 0 Å². The van der Waals surface area contributed by atoms with Gasteiger partial charge in [-0.3, -0.25) is 9.59 Å². The fourth-order valence-corrected chi connectivity index (χ4v) is 2.24. The second kappa shape index (κ2) is 3.65. The molecule has 94 valence electrons. The summed E-state index contributed by atoms with van der Waals surface area (Å²) in [6.07, 6.45) is 0. The van der Waals surface area contributed by atoms with Crippen LogP contribution in [0.25, 0.3) is 0 Å². The van der Waals surface area contributed by atoms with Gasteiger partial charge in [0.15, 0.2) is 5.78 Å². The second-order valence-electron chi connectivity index (χ2n) is 4.17. The number of carbonyl (C=O) groups is 2. The third kappa shape index (κ3) is 1.38. The van der Waals surface area contributed by atoms with Gasteiger partial charge in [0.25, 0.3) is 0 Å². The molecule has 1 aliphatic carbocycles. The number of carbonyl (C=O) groups excluding carboxylic acids is 2. The van der Waals surface area contributed by atoms with Gasteiger partial charge in [-0.25, -0.2) is 4.39 Å². The van der Waals surface area contributed by atoms with Crippen LogP contribution in [0.2, 0.25) is 0 Å². The first kappa shape index (κ1) is 11.4. The Bertz CT molecular complexity index is 749. The largest absolute Gasteiger partial charge is 0.507 e. The summed E-state index contributed by atoms with van der Waals surface area (Å²) in [5, 5.41) is 19.4. The number of fused-ring (bicyclic) bond motifs is 2. The minimum atomic E-state index is -0.829. The van der Waals surface area contributed by atoms with Gasteiger partial charge in [0, 0.05) is 5.56 Å². The fraction of sp³-hybridized carbons (Fsp3) is 0. The van der Waals surface area contributed by atoms with Gasteiger partial charge in [-0.2, -0.15) is 0 Å². The molecular weight excluding hydrogens is 251 g/mol. The van der Waals surface area contributed by atoms with Gasteiger partial charge in [0.05, 0.1) is 16.7 Å². The van der Waals surface area contributed by atoms with Crippen molar-refractivity contribution >= 4 is 11.6 Å². The highest BCUT2D eigenvalue weighted by Gasteiger charge is 2.36. The zero-order valence-electron chi connectivity index (χ0n) is 9.48. The molecule has 0 aliphatic heterocycles. The SMILES string of the molecule is O=C1c2cccc(F)c2C(=O)c2c(O)ccc(O)c21. The predicted octanol–water partition coefficient (Wildman–Crippen LogP) is 2.01. The van der Waals surface area contributed by atoms with E-state index in [9.17, 15) is 24.2 Å². The number of phenols is 2. The molecule has 0 atom stereocenters. The molecule has 0 saturated heterocycles. The topological polar surface area (TPSA) is 74.6 Å². The van der Waals surface area contributed by atoms with E-state index < -0.39 is 28.9 Å². The molecule has 0 bridgehead atoms. The van der Waals surface area contributed by atoms with Crippen LogP contribution in [0.3, 0.4) is 0 Å². The van der Waals surface area contributed by atoms with Crippen molar-refractivity contribution in [3.8, 4) is 11.5 Å². The quantitative estimate of drug-likeness (QED) is 0.605. The van der Waals surface area contributed by atoms with Gasteiger partial charge >= 0.3 is 0 Å². The molecule has 0 radical (unpaired) electrons. The number of aromatic hydroxyl groups is 2. The van der Waals surface area contributed by atoms with E-state index in [1.165, 1.54) is 12.1 Å². The number of hydrogen-bond donors (Lipinski definition) is 2. The lowest BCUT2D eigenvalue weighted by Crippen LogP contribution is -2.22. The maximum Gasteiger partial charge on any atom is 0.201 e. The number of halogens is 1. The number of benzene rings is 2. The van der Waals surface area contributed by atoms with Crippen molar-refractivity contribution in [1.82, 2.24) is 0 Å². The molecule has 0 aromatic heterocycles. The van der Waals surface area contributed by atoms with Crippen molar-refractivity contribution in [2.24, 2.45) is 0 Å². The predicted molar refractivity (Wildman–Crippen MR) is 63.0 cm³/mol. The summed E-state index contributed by atoms with van der Waals surface area (Å²) in [6.45, 7) is 0. The van der Waals surface area contributed by atoms with E-state index >= 15 is 0 Å². The van der Waals surface area contributed by atoms with Crippen LogP contribution in [0.5, 0.6) is 11.5 Å². The van der Waals surface area contributed by atoms with Crippen LogP contribution in [0.1, 0.15) is 31.8 Å². The Morgan fingerprint density at radius 1 is 0.789 bits per heavy atom. The van der Waals surface area contributed by atoms with E-state index in [1.807, 2.05) is 0 Å². The number of phenolic OH excluding ortho intramolecular Hbond substituents is 2.